The molecule has 0 bridgehead atoms. The van der Waals surface area contributed by atoms with Gasteiger partial charge >= 0.3 is 0 Å². The van der Waals surface area contributed by atoms with Crippen LogP contribution in [0.5, 0.6) is 5.88 Å². The highest BCUT2D eigenvalue weighted by molar-refractivity contribution is 8.00. The first kappa shape index (κ1) is 23.5. The average Bonchev–Trinajstić information content (AvgIpc) is 2.90. The number of fused-ring (bicyclic) bond motifs is 2. The van der Waals surface area contributed by atoms with Gasteiger partial charge in [0.2, 0.25) is 11.8 Å². The van der Waals surface area contributed by atoms with Gasteiger partial charge in [-0.15, -0.1) is 11.8 Å². The molecule has 0 saturated carbocycles. The van der Waals surface area contributed by atoms with Gasteiger partial charge in [0.15, 0.2) is 0 Å². The van der Waals surface area contributed by atoms with Crippen molar-refractivity contribution in [1.82, 2.24) is 25.2 Å². The van der Waals surface area contributed by atoms with Crippen molar-refractivity contribution in [3.05, 3.63) is 47.3 Å². The van der Waals surface area contributed by atoms with Gasteiger partial charge in [-0.3, -0.25) is 9.78 Å². The van der Waals surface area contributed by atoms with Crippen molar-refractivity contribution in [2.24, 2.45) is 0 Å². The molecule has 9 nitrogen and oxygen atoms in total. The number of methoxy groups -OCH3 is 1. The van der Waals surface area contributed by atoms with Gasteiger partial charge < -0.3 is 20.3 Å². The summed E-state index contributed by atoms with van der Waals surface area (Å²) < 4.78 is 5.28. The molecule has 1 fully saturated rings. The maximum Gasteiger partial charge on any atom is 0.235 e. The van der Waals surface area contributed by atoms with Crippen molar-refractivity contribution in [2.75, 3.05) is 37.8 Å². The molecule has 0 aliphatic carbocycles. The lowest BCUT2D eigenvalue weighted by atomic mass is 10.0. The number of thioether (sulfide) groups is 1. The fourth-order valence-corrected chi connectivity index (χ4v) is 5.30. The van der Waals surface area contributed by atoms with Crippen molar-refractivity contribution in [3.63, 3.8) is 0 Å². The number of carbonyl (C=O) groups is 1. The summed E-state index contributed by atoms with van der Waals surface area (Å²) >= 11 is 1.53. The number of hydrogen-bond acceptors (Lipinski definition) is 9. The number of aromatic nitrogens is 3. The van der Waals surface area contributed by atoms with Gasteiger partial charge in [-0.05, 0) is 50.6 Å². The molecule has 0 radical (unpaired) electrons. The molecule has 0 unspecified atom stereocenters. The Morgan fingerprint density at radius 1 is 1.26 bits per heavy atom. The third-order valence-electron chi connectivity index (χ3n) is 6.49. The third-order valence-corrected chi connectivity index (χ3v) is 7.54. The highest BCUT2D eigenvalue weighted by Gasteiger charge is 2.21. The fourth-order valence-electron chi connectivity index (χ4n) is 4.55. The van der Waals surface area contributed by atoms with Crippen molar-refractivity contribution >= 4 is 34.5 Å². The molecule has 0 atom stereocenters. The van der Waals surface area contributed by atoms with Crippen LogP contribution in [-0.2, 0) is 17.8 Å². The summed E-state index contributed by atoms with van der Waals surface area (Å²) in [5.41, 5.74) is 3.96. The van der Waals surface area contributed by atoms with Crippen LogP contribution in [-0.4, -0.2) is 64.3 Å². The number of hydrogen-bond donors (Lipinski definition) is 2. The Morgan fingerprint density at radius 2 is 2.11 bits per heavy atom. The van der Waals surface area contributed by atoms with Gasteiger partial charge in [0.1, 0.15) is 11.9 Å². The van der Waals surface area contributed by atoms with Crippen LogP contribution in [0, 0.1) is 11.3 Å². The number of anilines is 1. The maximum atomic E-state index is 11.6. The molecule has 180 valence electrons. The standard InChI is InChI=1S/C25H27N7O2S/c1-34-23-5-3-20-24(31-23)19(16(12-26)13-28-20)8-11-32-9-6-17(7-10-32)27-14-18-2-4-21-25(29-18)30-22(33)15-35-21/h2-5,13,17,27H,6-11,14-15H2,1H3,(H,29,30,33). The van der Waals surface area contributed by atoms with Gasteiger partial charge in [0.25, 0.3) is 0 Å². The smallest absolute Gasteiger partial charge is 0.235 e. The van der Waals surface area contributed by atoms with Crippen molar-refractivity contribution in [3.8, 4) is 11.9 Å². The zero-order valence-electron chi connectivity index (χ0n) is 19.6. The number of amides is 1. The molecule has 0 spiro atoms. The molecule has 2 aliphatic rings. The molecule has 5 heterocycles. The van der Waals surface area contributed by atoms with E-state index in [2.05, 4.69) is 36.6 Å². The molecule has 5 rings (SSSR count). The molecule has 10 heteroatoms. The molecular weight excluding hydrogens is 462 g/mol. The Kier molecular flexibility index (Phi) is 7.08. The van der Waals surface area contributed by atoms with Gasteiger partial charge in [-0.25, -0.2) is 9.97 Å². The average molecular weight is 490 g/mol. The van der Waals surface area contributed by atoms with E-state index in [0.29, 0.717) is 35.6 Å². The van der Waals surface area contributed by atoms with Gasteiger partial charge in [0, 0.05) is 37.0 Å². The van der Waals surface area contributed by atoms with Crippen LogP contribution in [0.4, 0.5) is 5.82 Å². The highest BCUT2D eigenvalue weighted by Crippen LogP contribution is 2.29. The Labute approximate surface area is 208 Å². The number of ether oxygens (including phenoxy) is 1. The third kappa shape index (κ3) is 5.37. The van der Waals surface area contributed by atoms with E-state index in [1.165, 1.54) is 11.8 Å². The predicted molar refractivity (Wildman–Crippen MR) is 134 cm³/mol. The molecule has 2 N–H and O–H groups in total. The zero-order chi connectivity index (χ0) is 24.2. The molecule has 3 aromatic heterocycles. The number of rotatable bonds is 7. The van der Waals surface area contributed by atoms with E-state index in [1.54, 1.807) is 19.4 Å². The van der Waals surface area contributed by atoms with Crippen LogP contribution in [0.15, 0.2) is 35.4 Å². The van der Waals surface area contributed by atoms with Gasteiger partial charge in [0.05, 0.1) is 40.0 Å². The number of nitrogens with one attached hydrogen (secondary N) is 2. The molecule has 1 amide bonds. The molecule has 2 aliphatic heterocycles. The summed E-state index contributed by atoms with van der Waals surface area (Å²) in [6.07, 6.45) is 4.47. The lowest BCUT2D eigenvalue weighted by Crippen LogP contribution is -2.43. The first-order chi connectivity index (χ1) is 17.1. The lowest BCUT2D eigenvalue weighted by Gasteiger charge is -2.32. The van der Waals surface area contributed by atoms with Crippen molar-refractivity contribution in [1.29, 1.82) is 5.26 Å². The second kappa shape index (κ2) is 10.6. The Hall–Kier alpha value is -3.26. The Bertz CT molecular complexity index is 1280. The minimum absolute atomic E-state index is 0.00375. The second-order valence-corrected chi connectivity index (χ2v) is 9.73. The van der Waals surface area contributed by atoms with Gasteiger partial charge in [-0.2, -0.15) is 5.26 Å². The number of likely N-dealkylation sites (tertiary alicyclic amines) is 1. The Morgan fingerprint density at radius 3 is 2.91 bits per heavy atom. The van der Waals surface area contributed by atoms with Crippen LogP contribution >= 0.6 is 11.8 Å². The van der Waals surface area contributed by atoms with Crippen LogP contribution in [0.3, 0.4) is 0 Å². The van der Waals surface area contributed by atoms with Crippen LogP contribution in [0.1, 0.15) is 29.7 Å². The van der Waals surface area contributed by atoms with E-state index >= 15 is 0 Å². The normalized spacial score (nSPS) is 16.5. The van der Waals surface area contributed by atoms with Crippen LogP contribution in [0.2, 0.25) is 0 Å². The topological polar surface area (TPSA) is 116 Å². The summed E-state index contributed by atoms with van der Waals surface area (Å²) in [5, 5.41) is 16.1. The van der Waals surface area contributed by atoms with E-state index in [0.717, 1.165) is 66.1 Å². The van der Waals surface area contributed by atoms with Gasteiger partial charge in [-0.1, -0.05) is 0 Å². The van der Waals surface area contributed by atoms with Crippen LogP contribution < -0.4 is 15.4 Å². The first-order valence-corrected chi connectivity index (χ1v) is 12.7. The zero-order valence-corrected chi connectivity index (χ0v) is 20.4. The summed E-state index contributed by atoms with van der Waals surface area (Å²) in [6.45, 7) is 3.52. The molecular formula is C25H27N7O2S. The SMILES string of the molecule is COc1ccc2ncc(C#N)c(CCN3CCC(NCc4ccc5c(n4)NC(=O)CS5)CC3)c2n1. The van der Waals surface area contributed by atoms with E-state index in [4.69, 9.17) is 4.74 Å². The number of nitriles is 1. The molecule has 0 aromatic carbocycles. The lowest BCUT2D eigenvalue weighted by molar-refractivity contribution is -0.113. The summed E-state index contributed by atoms with van der Waals surface area (Å²) in [6, 6.07) is 10.4. The predicted octanol–water partition coefficient (Wildman–Crippen LogP) is 2.75. The molecule has 35 heavy (non-hydrogen) atoms. The molecule has 3 aromatic rings. The minimum atomic E-state index is 0.00375. The van der Waals surface area contributed by atoms with E-state index in [1.807, 2.05) is 18.2 Å². The van der Waals surface area contributed by atoms with E-state index in [9.17, 15) is 10.1 Å². The number of piperidine rings is 1. The van der Waals surface area contributed by atoms with E-state index < -0.39 is 0 Å². The monoisotopic (exact) mass is 489 g/mol. The number of carbonyl (C=O) groups excluding carboxylic acids is 1. The number of nitrogens with zero attached hydrogens (tertiary/aromatic N) is 5. The maximum absolute atomic E-state index is 11.6. The fraction of sp³-hybridized carbons (Fsp3) is 0.400. The number of pyridine rings is 3. The first-order valence-electron chi connectivity index (χ1n) is 11.7. The quantitative estimate of drug-likeness (QED) is 0.517. The highest BCUT2D eigenvalue weighted by atomic mass is 32.2. The van der Waals surface area contributed by atoms with Crippen LogP contribution in [0.25, 0.3) is 11.0 Å². The summed E-state index contributed by atoms with van der Waals surface area (Å²) in [5.74, 6) is 1.65. The van der Waals surface area contributed by atoms with Crippen molar-refractivity contribution < 1.29 is 9.53 Å². The van der Waals surface area contributed by atoms with E-state index in [-0.39, 0.29) is 5.91 Å². The second-order valence-electron chi connectivity index (χ2n) is 8.72. The summed E-state index contributed by atoms with van der Waals surface area (Å²) in [7, 11) is 1.59. The largest absolute Gasteiger partial charge is 0.481 e. The van der Waals surface area contributed by atoms with Crippen molar-refractivity contribution in [2.45, 2.75) is 36.7 Å². The Balaban J connectivity index is 1.15. The minimum Gasteiger partial charge on any atom is -0.481 e. The summed E-state index contributed by atoms with van der Waals surface area (Å²) in [4.78, 5) is 28.6. The molecule has 1 saturated heterocycles.